The van der Waals surface area contributed by atoms with Crippen LogP contribution >= 0.6 is 0 Å². The SMILES string of the molecule is CCc1ccccc1NC(=O)CC1C(=O)N(Cc2ccc(C)cc2)c2nc3ccccc3n21. The van der Waals surface area contributed by atoms with E-state index in [2.05, 4.69) is 12.2 Å². The number of amides is 2. The van der Waals surface area contributed by atoms with Gasteiger partial charge >= 0.3 is 0 Å². The maximum Gasteiger partial charge on any atom is 0.253 e. The highest BCUT2D eigenvalue weighted by atomic mass is 16.2. The van der Waals surface area contributed by atoms with Crippen molar-refractivity contribution in [3.05, 3.63) is 89.5 Å². The third-order valence-electron chi connectivity index (χ3n) is 6.19. The highest BCUT2D eigenvalue weighted by molar-refractivity contribution is 6.05. The number of imidazole rings is 1. The summed E-state index contributed by atoms with van der Waals surface area (Å²) in [6.07, 6.45) is 0.869. The average Bonchev–Trinajstić information content (AvgIpc) is 3.31. The summed E-state index contributed by atoms with van der Waals surface area (Å²) >= 11 is 0. The molecule has 4 aromatic rings. The van der Waals surface area contributed by atoms with Crippen LogP contribution in [0.25, 0.3) is 11.0 Å². The Kier molecular flexibility index (Phi) is 5.42. The van der Waals surface area contributed by atoms with Crippen LogP contribution < -0.4 is 10.2 Å². The summed E-state index contributed by atoms with van der Waals surface area (Å²) in [5, 5.41) is 3.01. The van der Waals surface area contributed by atoms with Crippen molar-refractivity contribution in [2.75, 3.05) is 10.2 Å². The Hall–Kier alpha value is -3.93. The normalized spacial score (nSPS) is 15.2. The Morgan fingerprint density at radius 3 is 2.52 bits per heavy atom. The number of hydrogen-bond donors (Lipinski definition) is 1. The maximum absolute atomic E-state index is 13.5. The van der Waals surface area contributed by atoms with Gasteiger partial charge in [0.05, 0.1) is 24.0 Å². The van der Waals surface area contributed by atoms with E-state index in [-0.39, 0.29) is 18.2 Å². The molecule has 1 aliphatic rings. The molecule has 0 bridgehead atoms. The van der Waals surface area contributed by atoms with Crippen LogP contribution in [-0.4, -0.2) is 21.4 Å². The van der Waals surface area contributed by atoms with Gasteiger partial charge in [-0.2, -0.15) is 0 Å². The van der Waals surface area contributed by atoms with Crippen LogP contribution in [0.5, 0.6) is 0 Å². The van der Waals surface area contributed by atoms with Crippen molar-refractivity contribution in [1.82, 2.24) is 9.55 Å². The number of carbonyl (C=O) groups is 2. The minimum absolute atomic E-state index is 0.0502. The molecule has 1 aromatic heterocycles. The van der Waals surface area contributed by atoms with E-state index in [1.165, 1.54) is 5.56 Å². The smallest absolute Gasteiger partial charge is 0.253 e. The van der Waals surface area contributed by atoms with Gasteiger partial charge in [0, 0.05) is 5.69 Å². The predicted molar refractivity (Wildman–Crippen MR) is 130 cm³/mol. The third-order valence-corrected chi connectivity index (χ3v) is 6.19. The van der Waals surface area contributed by atoms with Crippen LogP contribution in [0.4, 0.5) is 11.6 Å². The van der Waals surface area contributed by atoms with Gasteiger partial charge in [0.1, 0.15) is 6.04 Å². The lowest BCUT2D eigenvalue weighted by atomic mass is 10.1. The monoisotopic (exact) mass is 438 g/mol. The number of para-hydroxylation sites is 3. The number of hydrogen-bond acceptors (Lipinski definition) is 3. The largest absolute Gasteiger partial charge is 0.326 e. The van der Waals surface area contributed by atoms with Gasteiger partial charge in [0.15, 0.2) is 0 Å². The third kappa shape index (κ3) is 3.89. The van der Waals surface area contributed by atoms with Gasteiger partial charge in [-0.3, -0.25) is 19.1 Å². The number of anilines is 2. The van der Waals surface area contributed by atoms with E-state index in [0.717, 1.165) is 34.3 Å². The molecule has 1 N–H and O–H groups in total. The molecule has 33 heavy (non-hydrogen) atoms. The van der Waals surface area contributed by atoms with E-state index in [9.17, 15) is 9.59 Å². The first kappa shape index (κ1) is 20.9. The summed E-state index contributed by atoms with van der Waals surface area (Å²) in [4.78, 5) is 33.0. The lowest BCUT2D eigenvalue weighted by Crippen LogP contribution is -2.31. The molecule has 5 rings (SSSR count). The Morgan fingerprint density at radius 1 is 1.00 bits per heavy atom. The fraction of sp³-hybridized carbons (Fsp3) is 0.222. The molecular weight excluding hydrogens is 412 g/mol. The Morgan fingerprint density at radius 2 is 1.73 bits per heavy atom. The molecular formula is C27H26N4O2. The first-order valence-corrected chi connectivity index (χ1v) is 11.3. The zero-order valence-corrected chi connectivity index (χ0v) is 18.8. The predicted octanol–water partition coefficient (Wildman–Crippen LogP) is 5.02. The first-order valence-electron chi connectivity index (χ1n) is 11.3. The van der Waals surface area contributed by atoms with Crippen LogP contribution in [-0.2, 0) is 22.6 Å². The number of rotatable bonds is 6. The van der Waals surface area contributed by atoms with Crippen molar-refractivity contribution in [2.24, 2.45) is 0 Å². The summed E-state index contributed by atoms with van der Waals surface area (Å²) in [5.41, 5.74) is 5.73. The Balaban J connectivity index is 1.47. The van der Waals surface area contributed by atoms with Crippen molar-refractivity contribution in [1.29, 1.82) is 0 Å². The number of nitrogens with zero attached hydrogens (tertiary/aromatic N) is 3. The van der Waals surface area contributed by atoms with Crippen LogP contribution in [0.15, 0.2) is 72.8 Å². The molecule has 2 heterocycles. The molecule has 2 amide bonds. The minimum atomic E-state index is -0.633. The standard InChI is InChI=1S/C27H26N4O2/c1-3-20-8-4-5-9-21(20)28-25(32)16-24-26(33)30(17-19-14-12-18(2)13-15-19)27-29-22-10-6-7-11-23(22)31(24)27/h4-15,24H,3,16-17H2,1-2H3,(H,28,32). The van der Waals surface area contributed by atoms with Crippen molar-refractivity contribution in [3.63, 3.8) is 0 Å². The molecule has 166 valence electrons. The fourth-order valence-electron chi connectivity index (χ4n) is 4.45. The number of nitrogens with one attached hydrogen (secondary N) is 1. The van der Waals surface area contributed by atoms with Crippen LogP contribution in [0.2, 0.25) is 0 Å². The van der Waals surface area contributed by atoms with Gasteiger partial charge in [-0.05, 0) is 42.7 Å². The minimum Gasteiger partial charge on any atom is -0.326 e. The highest BCUT2D eigenvalue weighted by Crippen LogP contribution is 2.37. The van der Waals surface area contributed by atoms with Crippen molar-refractivity contribution >= 4 is 34.5 Å². The van der Waals surface area contributed by atoms with Gasteiger partial charge in [0.2, 0.25) is 11.9 Å². The second kappa shape index (κ2) is 8.54. The Labute approximate surface area is 192 Å². The number of fused-ring (bicyclic) bond motifs is 3. The van der Waals surface area contributed by atoms with Gasteiger partial charge in [0.25, 0.3) is 5.91 Å². The van der Waals surface area contributed by atoms with Gasteiger partial charge in [-0.1, -0.05) is 67.1 Å². The lowest BCUT2D eigenvalue weighted by molar-refractivity contribution is -0.124. The maximum atomic E-state index is 13.5. The van der Waals surface area contributed by atoms with Crippen LogP contribution in [0.3, 0.4) is 0 Å². The van der Waals surface area contributed by atoms with E-state index in [0.29, 0.717) is 12.5 Å². The van der Waals surface area contributed by atoms with Crippen molar-refractivity contribution < 1.29 is 9.59 Å². The van der Waals surface area contributed by atoms with E-state index in [4.69, 9.17) is 4.98 Å². The van der Waals surface area contributed by atoms with Crippen molar-refractivity contribution in [3.8, 4) is 0 Å². The molecule has 0 aliphatic carbocycles. The van der Waals surface area contributed by atoms with Crippen LogP contribution in [0, 0.1) is 6.92 Å². The molecule has 6 nitrogen and oxygen atoms in total. The number of aryl methyl sites for hydroxylation is 2. The number of carbonyl (C=O) groups excluding carboxylic acids is 2. The first-order chi connectivity index (χ1) is 16.0. The molecule has 3 aromatic carbocycles. The lowest BCUT2D eigenvalue weighted by Gasteiger charge is -2.16. The number of aromatic nitrogens is 2. The van der Waals surface area contributed by atoms with Gasteiger partial charge < -0.3 is 5.32 Å². The summed E-state index contributed by atoms with van der Waals surface area (Å²) in [7, 11) is 0. The van der Waals surface area contributed by atoms with Crippen LogP contribution in [0.1, 0.15) is 36.1 Å². The molecule has 0 saturated heterocycles. The molecule has 0 spiro atoms. The highest BCUT2D eigenvalue weighted by Gasteiger charge is 2.40. The summed E-state index contributed by atoms with van der Waals surface area (Å²) in [5.74, 6) is 0.298. The van der Waals surface area contributed by atoms with Gasteiger partial charge in [-0.15, -0.1) is 0 Å². The van der Waals surface area contributed by atoms with Crippen molar-refractivity contribution in [2.45, 2.75) is 39.3 Å². The quantitative estimate of drug-likeness (QED) is 0.459. The zero-order valence-electron chi connectivity index (χ0n) is 18.8. The van der Waals surface area contributed by atoms with Gasteiger partial charge in [-0.25, -0.2) is 4.98 Å². The second-order valence-corrected chi connectivity index (χ2v) is 8.46. The average molecular weight is 439 g/mol. The van der Waals surface area contributed by atoms with E-state index in [1.807, 2.05) is 84.3 Å². The van der Waals surface area contributed by atoms with E-state index >= 15 is 0 Å². The molecule has 1 atom stereocenters. The molecule has 6 heteroatoms. The zero-order chi connectivity index (χ0) is 22.9. The number of benzene rings is 3. The molecule has 0 radical (unpaired) electrons. The molecule has 1 aliphatic heterocycles. The molecule has 0 saturated carbocycles. The molecule has 1 unspecified atom stereocenters. The molecule has 0 fully saturated rings. The fourth-order valence-corrected chi connectivity index (χ4v) is 4.45. The summed E-state index contributed by atoms with van der Waals surface area (Å²) < 4.78 is 1.91. The summed E-state index contributed by atoms with van der Waals surface area (Å²) in [6.45, 7) is 4.51. The van der Waals surface area contributed by atoms with E-state index < -0.39 is 6.04 Å². The van der Waals surface area contributed by atoms with E-state index in [1.54, 1.807) is 4.90 Å². The topological polar surface area (TPSA) is 67.2 Å². The Bertz CT molecular complexity index is 1340. The second-order valence-electron chi connectivity index (χ2n) is 8.46. The summed E-state index contributed by atoms with van der Waals surface area (Å²) in [6, 6.07) is 23.0.